The molecule has 1 aromatic heterocycles. The molecular formula is C25H30N2O2. The van der Waals surface area contributed by atoms with Gasteiger partial charge in [-0.05, 0) is 61.9 Å². The Morgan fingerprint density at radius 3 is 2.38 bits per heavy atom. The highest BCUT2D eigenvalue weighted by atomic mass is 16.2. The van der Waals surface area contributed by atoms with Crippen molar-refractivity contribution in [3.63, 3.8) is 0 Å². The molecule has 0 aliphatic heterocycles. The van der Waals surface area contributed by atoms with E-state index in [1.807, 2.05) is 52.0 Å². The van der Waals surface area contributed by atoms with Crippen LogP contribution in [-0.4, -0.2) is 10.5 Å². The van der Waals surface area contributed by atoms with E-state index in [1.165, 1.54) is 0 Å². The first kappa shape index (κ1) is 20.8. The highest BCUT2D eigenvalue weighted by Gasteiger charge is 2.24. The third-order valence-corrected chi connectivity index (χ3v) is 5.53. The van der Waals surface area contributed by atoms with Gasteiger partial charge in [-0.15, -0.1) is 0 Å². The van der Waals surface area contributed by atoms with E-state index in [-0.39, 0.29) is 11.5 Å². The molecule has 29 heavy (non-hydrogen) atoms. The standard InChI is InChI=1S/C25H30N2O2/c1-7-22(25(29)26-21-11-9-8-10-19(21)15(2)3)27-23(28)14-17(5)20-13-16(4)12-18(6)24(20)27/h8-15,22H,7H2,1-6H3,(H,26,29). The highest BCUT2D eigenvalue weighted by molar-refractivity contribution is 5.96. The van der Waals surface area contributed by atoms with E-state index in [0.717, 1.165) is 38.8 Å². The summed E-state index contributed by atoms with van der Waals surface area (Å²) < 4.78 is 1.67. The van der Waals surface area contributed by atoms with Gasteiger partial charge >= 0.3 is 0 Å². The van der Waals surface area contributed by atoms with Crippen molar-refractivity contribution >= 4 is 22.5 Å². The van der Waals surface area contributed by atoms with Gasteiger partial charge < -0.3 is 5.32 Å². The molecule has 0 saturated heterocycles. The van der Waals surface area contributed by atoms with Crippen LogP contribution in [-0.2, 0) is 4.79 Å². The number of pyridine rings is 1. The van der Waals surface area contributed by atoms with Crippen LogP contribution in [0, 0.1) is 20.8 Å². The summed E-state index contributed by atoms with van der Waals surface area (Å²) in [5.74, 6) is 0.132. The number of carbonyl (C=O) groups is 1. The van der Waals surface area contributed by atoms with Crippen LogP contribution in [0.5, 0.6) is 0 Å². The van der Waals surface area contributed by atoms with Crippen LogP contribution in [0.15, 0.2) is 47.3 Å². The lowest BCUT2D eigenvalue weighted by Gasteiger charge is -2.23. The maximum absolute atomic E-state index is 13.3. The molecule has 1 unspecified atom stereocenters. The average molecular weight is 391 g/mol. The first-order valence-electron chi connectivity index (χ1n) is 10.3. The van der Waals surface area contributed by atoms with Crippen molar-refractivity contribution < 1.29 is 4.79 Å². The topological polar surface area (TPSA) is 51.1 Å². The number of hydrogen-bond acceptors (Lipinski definition) is 2. The van der Waals surface area contributed by atoms with Gasteiger partial charge in [0, 0.05) is 17.1 Å². The van der Waals surface area contributed by atoms with E-state index in [4.69, 9.17) is 0 Å². The minimum absolute atomic E-state index is 0.138. The first-order chi connectivity index (χ1) is 13.7. The Morgan fingerprint density at radius 2 is 1.72 bits per heavy atom. The van der Waals surface area contributed by atoms with Gasteiger partial charge in [-0.3, -0.25) is 14.2 Å². The molecule has 0 bridgehead atoms. The Hall–Kier alpha value is -2.88. The van der Waals surface area contributed by atoms with Crippen molar-refractivity contribution in [1.82, 2.24) is 4.57 Å². The molecule has 3 rings (SSSR count). The van der Waals surface area contributed by atoms with E-state index in [1.54, 1.807) is 10.6 Å². The molecule has 0 saturated carbocycles. The lowest BCUT2D eigenvalue weighted by Crippen LogP contribution is -2.33. The van der Waals surface area contributed by atoms with Gasteiger partial charge in [-0.2, -0.15) is 0 Å². The normalized spacial score (nSPS) is 12.4. The van der Waals surface area contributed by atoms with Crippen LogP contribution in [0.25, 0.3) is 10.9 Å². The molecule has 0 spiro atoms. The quantitative estimate of drug-likeness (QED) is 0.613. The minimum Gasteiger partial charge on any atom is -0.324 e. The summed E-state index contributed by atoms with van der Waals surface area (Å²) >= 11 is 0. The van der Waals surface area contributed by atoms with Gasteiger partial charge in [-0.1, -0.05) is 50.6 Å². The summed E-state index contributed by atoms with van der Waals surface area (Å²) in [7, 11) is 0. The number of aryl methyl sites for hydroxylation is 3. The van der Waals surface area contributed by atoms with Gasteiger partial charge in [0.05, 0.1) is 5.52 Å². The van der Waals surface area contributed by atoms with Crippen LogP contribution < -0.4 is 10.9 Å². The van der Waals surface area contributed by atoms with Crippen LogP contribution in [0.4, 0.5) is 5.69 Å². The monoisotopic (exact) mass is 390 g/mol. The fourth-order valence-corrected chi connectivity index (χ4v) is 4.15. The molecule has 1 heterocycles. The first-order valence-corrected chi connectivity index (χ1v) is 10.3. The van der Waals surface area contributed by atoms with E-state index in [2.05, 4.69) is 31.3 Å². The Labute approximate surface area is 172 Å². The molecule has 4 heteroatoms. The molecule has 3 aromatic rings. The predicted molar refractivity (Wildman–Crippen MR) is 121 cm³/mol. The number of aromatic nitrogens is 1. The smallest absolute Gasteiger partial charge is 0.252 e. The molecule has 0 radical (unpaired) electrons. The number of nitrogens with one attached hydrogen (secondary N) is 1. The zero-order chi connectivity index (χ0) is 21.3. The maximum atomic E-state index is 13.3. The van der Waals surface area contributed by atoms with Crippen molar-refractivity contribution in [1.29, 1.82) is 0 Å². The van der Waals surface area contributed by atoms with Gasteiger partial charge in [0.2, 0.25) is 5.91 Å². The van der Waals surface area contributed by atoms with Crippen molar-refractivity contribution in [2.24, 2.45) is 0 Å². The molecule has 4 nitrogen and oxygen atoms in total. The van der Waals surface area contributed by atoms with Gasteiger partial charge in [0.1, 0.15) is 6.04 Å². The van der Waals surface area contributed by atoms with Crippen molar-refractivity contribution in [2.75, 3.05) is 5.32 Å². The number of carbonyl (C=O) groups excluding carboxylic acids is 1. The van der Waals surface area contributed by atoms with Crippen LogP contribution >= 0.6 is 0 Å². The summed E-state index contributed by atoms with van der Waals surface area (Å²) in [6.07, 6.45) is 0.529. The average Bonchev–Trinajstić information content (AvgIpc) is 2.65. The summed E-state index contributed by atoms with van der Waals surface area (Å²) in [5.41, 5.74) is 5.70. The second-order valence-electron chi connectivity index (χ2n) is 8.17. The Morgan fingerprint density at radius 1 is 1.03 bits per heavy atom. The Balaban J connectivity index is 2.13. The molecule has 2 aromatic carbocycles. The SMILES string of the molecule is CCC(C(=O)Nc1ccccc1C(C)C)n1c(=O)cc(C)c2cc(C)cc(C)c21. The number of benzene rings is 2. The van der Waals surface area contributed by atoms with Gasteiger partial charge in [0.25, 0.3) is 5.56 Å². The number of nitrogens with zero attached hydrogens (tertiary/aromatic N) is 1. The summed E-state index contributed by atoms with van der Waals surface area (Å²) in [4.78, 5) is 26.3. The third-order valence-electron chi connectivity index (χ3n) is 5.53. The molecule has 0 fully saturated rings. The molecule has 1 amide bonds. The number of para-hydroxylation sites is 1. The maximum Gasteiger partial charge on any atom is 0.252 e. The number of hydrogen-bond donors (Lipinski definition) is 1. The van der Waals surface area contributed by atoms with Gasteiger partial charge in [-0.25, -0.2) is 0 Å². The summed E-state index contributed by atoms with van der Waals surface area (Å²) in [6.45, 7) is 12.2. The largest absolute Gasteiger partial charge is 0.324 e. The summed E-state index contributed by atoms with van der Waals surface area (Å²) in [6, 6.07) is 13.1. The third kappa shape index (κ3) is 3.98. The zero-order valence-corrected chi connectivity index (χ0v) is 18.2. The van der Waals surface area contributed by atoms with Crippen molar-refractivity contribution in [3.05, 3.63) is 75.1 Å². The fourth-order valence-electron chi connectivity index (χ4n) is 4.15. The van der Waals surface area contributed by atoms with Crippen molar-refractivity contribution in [3.8, 4) is 0 Å². The van der Waals surface area contributed by atoms with Crippen LogP contribution in [0.1, 0.15) is 61.4 Å². The molecule has 0 aliphatic carbocycles. The van der Waals surface area contributed by atoms with Crippen LogP contribution in [0.3, 0.4) is 0 Å². The zero-order valence-electron chi connectivity index (χ0n) is 18.2. The summed E-state index contributed by atoms with van der Waals surface area (Å²) in [5, 5.41) is 4.10. The number of fused-ring (bicyclic) bond motifs is 1. The second-order valence-corrected chi connectivity index (χ2v) is 8.17. The molecule has 152 valence electrons. The predicted octanol–water partition coefficient (Wildman–Crippen LogP) is 5.64. The number of amides is 1. The highest BCUT2D eigenvalue weighted by Crippen LogP contribution is 2.28. The van der Waals surface area contributed by atoms with Crippen molar-refractivity contribution in [2.45, 2.75) is 59.9 Å². The van der Waals surface area contributed by atoms with E-state index in [9.17, 15) is 9.59 Å². The Kier molecular flexibility index (Phi) is 5.92. The van der Waals surface area contributed by atoms with Crippen LogP contribution in [0.2, 0.25) is 0 Å². The minimum atomic E-state index is -0.577. The molecular weight excluding hydrogens is 360 g/mol. The number of rotatable bonds is 5. The second kappa shape index (κ2) is 8.24. The Bertz CT molecular complexity index is 1130. The molecule has 1 atom stereocenters. The fraction of sp³-hybridized carbons (Fsp3) is 0.360. The van der Waals surface area contributed by atoms with E-state index >= 15 is 0 Å². The van der Waals surface area contributed by atoms with E-state index in [0.29, 0.717) is 12.3 Å². The number of anilines is 1. The van der Waals surface area contributed by atoms with E-state index < -0.39 is 6.04 Å². The van der Waals surface area contributed by atoms with Gasteiger partial charge in [0.15, 0.2) is 0 Å². The lowest BCUT2D eigenvalue weighted by atomic mass is 10.00. The molecule has 0 aliphatic rings. The lowest BCUT2D eigenvalue weighted by molar-refractivity contribution is -0.119. The molecule has 1 N–H and O–H groups in total.